The van der Waals surface area contributed by atoms with Gasteiger partial charge in [-0.3, -0.25) is 0 Å². The molecule has 0 aliphatic carbocycles. The summed E-state index contributed by atoms with van der Waals surface area (Å²) in [6, 6.07) is 7.94. The lowest BCUT2D eigenvalue weighted by molar-refractivity contribution is 0.393. The summed E-state index contributed by atoms with van der Waals surface area (Å²) in [4.78, 5) is 0. The van der Waals surface area contributed by atoms with Crippen LogP contribution in [0, 0.1) is 5.82 Å². The fraction of sp³-hybridized carbons (Fsp3) is 0. The summed E-state index contributed by atoms with van der Waals surface area (Å²) in [5.74, 6) is -0.178. The highest BCUT2D eigenvalue weighted by Crippen LogP contribution is 1.91. The van der Waals surface area contributed by atoms with Gasteiger partial charge in [0.25, 0.3) is 0 Å². The van der Waals surface area contributed by atoms with E-state index < -0.39 is 0 Å². The maximum absolute atomic E-state index is 11.9. The molecule has 1 aromatic heterocycles. The van der Waals surface area contributed by atoms with Crippen LogP contribution in [0.2, 0.25) is 0 Å². The molecule has 0 saturated heterocycles. The zero-order valence-corrected chi connectivity index (χ0v) is 6.22. The molecule has 0 radical (unpaired) electrons. The lowest BCUT2D eigenvalue weighted by atomic mass is 10.4. The highest BCUT2D eigenvalue weighted by atomic mass is 19.1. The van der Waals surface area contributed by atoms with E-state index in [9.17, 15) is 4.39 Å². The van der Waals surface area contributed by atoms with E-state index in [2.05, 4.69) is 14.9 Å². The van der Waals surface area contributed by atoms with Crippen LogP contribution in [0.25, 0.3) is 0 Å². The van der Waals surface area contributed by atoms with Crippen molar-refractivity contribution in [2.75, 3.05) is 0 Å². The molecule has 0 spiro atoms. The first-order valence-electron chi connectivity index (χ1n) is 3.31. The molecule has 2 rings (SSSR count). The molecule has 0 fully saturated rings. The molecule has 0 atom stereocenters. The molecule has 1 heterocycles. The summed E-state index contributed by atoms with van der Waals surface area (Å²) in [6.45, 7) is 0. The van der Waals surface area contributed by atoms with Crippen LogP contribution in [0.4, 0.5) is 4.39 Å². The number of halogens is 1. The molecule has 62 valence electrons. The molecule has 0 aliphatic rings. The van der Waals surface area contributed by atoms with Crippen molar-refractivity contribution in [2.45, 2.75) is 0 Å². The zero-order chi connectivity index (χ0) is 8.65. The molecular formula is C8H7FN2O. The van der Waals surface area contributed by atoms with Crippen molar-refractivity contribution in [3.63, 3.8) is 0 Å². The largest absolute Gasteiger partial charge is 0.346 e. The van der Waals surface area contributed by atoms with Gasteiger partial charge in [0.2, 0.25) is 0 Å². The van der Waals surface area contributed by atoms with Gasteiger partial charge >= 0.3 is 0 Å². The smallest absolute Gasteiger partial charge is 0.144 e. The van der Waals surface area contributed by atoms with E-state index in [0.717, 1.165) is 0 Å². The van der Waals surface area contributed by atoms with Gasteiger partial charge in [0, 0.05) is 5.27 Å². The van der Waals surface area contributed by atoms with Crippen LogP contribution in [0.1, 0.15) is 0 Å². The molecule has 3 nitrogen and oxygen atoms in total. The molecule has 1 aromatic carbocycles. The van der Waals surface area contributed by atoms with E-state index in [1.54, 1.807) is 18.2 Å². The molecule has 0 bridgehead atoms. The Kier molecular flexibility index (Phi) is 3.50. The summed E-state index contributed by atoms with van der Waals surface area (Å²) < 4.78 is 16.1. The number of benzene rings is 1. The fourth-order valence-corrected chi connectivity index (χ4v) is 0.551. The topological polar surface area (TPSA) is 38.9 Å². The van der Waals surface area contributed by atoms with E-state index >= 15 is 0 Å². The Hall–Kier alpha value is -1.71. The standard InChI is InChI=1S/C6H5F.C2H2N2O/c7-6-4-2-1-3-5-6;1-2-5-4-3-1/h1-5H;1-2H. The van der Waals surface area contributed by atoms with E-state index in [-0.39, 0.29) is 5.82 Å². The van der Waals surface area contributed by atoms with Crippen LogP contribution in [0.15, 0.2) is 47.3 Å². The average molecular weight is 166 g/mol. The lowest BCUT2D eigenvalue weighted by Gasteiger charge is -1.78. The average Bonchev–Trinajstić information content (AvgIpc) is 2.62. The predicted molar refractivity (Wildman–Crippen MR) is 40.7 cm³/mol. The number of aromatic nitrogens is 2. The van der Waals surface area contributed by atoms with Crippen molar-refractivity contribution >= 4 is 0 Å². The third-order valence-electron chi connectivity index (χ3n) is 1.02. The van der Waals surface area contributed by atoms with Crippen molar-refractivity contribution in [3.05, 3.63) is 48.6 Å². The molecular weight excluding hydrogens is 159 g/mol. The van der Waals surface area contributed by atoms with Gasteiger partial charge in [0.15, 0.2) is 0 Å². The molecule has 0 N–H and O–H groups in total. The molecule has 0 aliphatic heterocycles. The van der Waals surface area contributed by atoms with Crippen molar-refractivity contribution in [3.8, 4) is 0 Å². The van der Waals surface area contributed by atoms with Crippen molar-refractivity contribution in [1.82, 2.24) is 10.4 Å². The third-order valence-corrected chi connectivity index (χ3v) is 1.02. The first-order chi connectivity index (χ1) is 5.89. The lowest BCUT2D eigenvalue weighted by Crippen LogP contribution is -1.63. The summed E-state index contributed by atoms with van der Waals surface area (Å²) in [7, 11) is 0. The fourth-order valence-electron chi connectivity index (χ4n) is 0.551. The second-order valence-corrected chi connectivity index (χ2v) is 1.88. The van der Waals surface area contributed by atoms with E-state index in [1.807, 2.05) is 0 Å². The Balaban J connectivity index is 0.000000127. The minimum atomic E-state index is -0.178. The van der Waals surface area contributed by atoms with E-state index in [4.69, 9.17) is 0 Å². The van der Waals surface area contributed by atoms with Crippen molar-refractivity contribution in [1.29, 1.82) is 0 Å². The minimum Gasteiger partial charge on any atom is -0.346 e. The highest BCUT2D eigenvalue weighted by Gasteiger charge is 1.77. The first kappa shape index (κ1) is 8.39. The summed E-state index contributed by atoms with van der Waals surface area (Å²) >= 11 is 0. The Morgan fingerprint density at radius 3 is 2.17 bits per heavy atom. The molecule has 12 heavy (non-hydrogen) atoms. The maximum Gasteiger partial charge on any atom is 0.144 e. The van der Waals surface area contributed by atoms with Crippen LogP contribution in [0.5, 0.6) is 0 Å². The zero-order valence-electron chi connectivity index (χ0n) is 6.22. The number of nitrogens with zero attached hydrogens (tertiary/aromatic N) is 2. The minimum absolute atomic E-state index is 0.178. The summed E-state index contributed by atoms with van der Waals surface area (Å²) in [6.07, 6.45) is 2.88. The van der Waals surface area contributed by atoms with Gasteiger partial charge in [-0.2, -0.15) is 0 Å². The number of hydrogen-bond donors (Lipinski definition) is 0. The van der Waals surface area contributed by atoms with Gasteiger partial charge in [-0.05, 0) is 12.1 Å². The summed E-state index contributed by atoms with van der Waals surface area (Å²) in [5.41, 5.74) is 0. The van der Waals surface area contributed by atoms with Crippen molar-refractivity contribution < 1.29 is 8.91 Å². The van der Waals surface area contributed by atoms with E-state index in [0.29, 0.717) is 0 Å². The van der Waals surface area contributed by atoms with Gasteiger partial charge in [-0.25, -0.2) is 4.39 Å². The van der Waals surface area contributed by atoms with Crippen molar-refractivity contribution in [2.24, 2.45) is 0 Å². The van der Waals surface area contributed by atoms with Gasteiger partial charge in [0.05, 0.1) is 6.20 Å². The van der Waals surface area contributed by atoms with Gasteiger partial charge in [-0.15, -0.1) is 5.10 Å². The highest BCUT2D eigenvalue weighted by molar-refractivity contribution is 5.02. The van der Waals surface area contributed by atoms with E-state index in [1.165, 1.54) is 24.6 Å². The second-order valence-electron chi connectivity index (χ2n) is 1.88. The Bertz CT molecular complexity index is 266. The molecule has 0 amide bonds. The molecule has 2 aromatic rings. The predicted octanol–water partition coefficient (Wildman–Crippen LogP) is 1.90. The molecule has 0 unspecified atom stereocenters. The Labute approximate surface area is 68.8 Å². The quantitative estimate of drug-likeness (QED) is 0.599. The second kappa shape index (κ2) is 5.01. The van der Waals surface area contributed by atoms with Crippen LogP contribution < -0.4 is 0 Å². The van der Waals surface area contributed by atoms with Gasteiger partial charge in [0.1, 0.15) is 12.1 Å². The monoisotopic (exact) mass is 166 g/mol. The number of hydrogen-bond acceptors (Lipinski definition) is 3. The van der Waals surface area contributed by atoms with Crippen LogP contribution >= 0.6 is 0 Å². The van der Waals surface area contributed by atoms with Gasteiger partial charge in [-0.1, -0.05) is 18.2 Å². The number of rotatable bonds is 0. The molecule has 0 saturated carbocycles. The van der Waals surface area contributed by atoms with Gasteiger partial charge < -0.3 is 4.52 Å². The first-order valence-corrected chi connectivity index (χ1v) is 3.31. The SMILES string of the molecule is Fc1ccccc1.c1conn1. The Morgan fingerprint density at radius 1 is 1.17 bits per heavy atom. The third kappa shape index (κ3) is 3.46. The van der Waals surface area contributed by atoms with Crippen LogP contribution in [-0.4, -0.2) is 10.4 Å². The summed E-state index contributed by atoms with van der Waals surface area (Å²) in [5, 5.41) is 6.40. The normalized spacial score (nSPS) is 8.42. The van der Waals surface area contributed by atoms with Crippen LogP contribution in [-0.2, 0) is 0 Å². The maximum atomic E-state index is 11.9. The Morgan fingerprint density at radius 2 is 1.92 bits per heavy atom. The van der Waals surface area contributed by atoms with Crippen LogP contribution in [0.3, 0.4) is 0 Å². The molecule has 4 heteroatoms.